The number of pyridine rings is 1. The second-order valence-corrected chi connectivity index (χ2v) is 3.40. The van der Waals surface area contributed by atoms with Crippen LogP contribution in [-0.2, 0) is 16.9 Å². The lowest BCUT2D eigenvalue weighted by molar-refractivity contribution is -0.143. The molecule has 1 aromatic rings. The first-order valence-corrected chi connectivity index (χ1v) is 4.35. The lowest BCUT2D eigenvalue weighted by Gasteiger charge is -2.14. The highest BCUT2D eigenvalue weighted by Crippen LogP contribution is 2.35. The van der Waals surface area contributed by atoms with Crippen LogP contribution >= 0.6 is 11.6 Å². The van der Waals surface area contributed by atoms with Gasteiger partial charge in [-0.1, -0.05) is 11.6 Å². The molecule has 0 radical (unpaired) electrons. The Bertz CT molecular complexity index is 460. The van der Waals surface area contributed by atoms with Crippen LogP contribution in [0.2, 0.25) is 5.02 Å². The molecule has 0 saturated heterocycles. The fraction of sp³-hybridized carbons (Fsp3) is 0.250. The van der Waals surface area contributed by atoms with Gasteiger partial charge in [-0.3, -0.25) is 9.78 Å². The number of aromatic nitrogens is 1. The van der Waals surface area contributed by atoms with Gasteiger partial charge in [0.05, 0.1) is 10.6 Å². The number of amides is 1. The van der Waals surface area contributed by atoms with Crippen molar-refractivity contribution in [2.75, 3.05) is 0 Å². The van der Waals surface area contributed by atoms with E-state index in [-0.39, 0.29) is 12.3 Å². The first-order chi connectivity index (χ1) is 7.56. The molecule has 9 heteroatoms. The number of carbonyl (C=O) groups excluding carboxylic acids is 1. The van der Waals surface area contributed by atoms with Gasteiger partial charge < -0.3 is 5.73 Å². The maximum atomic E-state index is 13.1. The van der Waals surface area contributed by atoms with Gasteiger partial charge in [0.1, 0.15) is 5.69 Å². The molecular formula is C8H4ClF5N2O. The van der Waals surface area contributed by atoms with Crippen LogP contribution in [-0.4, -0.2) is 10.9 Å². The number of carbonyl (C=O) groups is 1. The van der Waals surface area contributed by atoms with Gasteiger partial charge in [0.15, 0.2) is 0 Å². The van der Waals surface area contributed by atoms with E-state index in [1.165, 1.54) is 0 Å². The van der Waals surface area contributed by atoms with Crippen molar-refractivity contribution in [2.24, 2.45) is 5.73 Å². The van der Waals surface area contributed by atoms with Crippen molar-refractivity contribution < 1.29 is 26.7 Å². The molecule has 1 aromatic heterocycles. The largest absolute Gasteiger partial charge is 0.417 e. The van der Waals surface area contributed by atoms with Crippen LogP contribution in [0.15, 0.2) is 12.3 Å². The van der Waals surface area contributed by atoms with E-state index in [9.17, 15) is 26.7 Å². The lowest BCUT2D eigenvalue weighted by atomic mass is 10.1. The highest BCUT2D eigenvalue weighted by molar-refractivity contribution is 6.31. The molecule has 1 heterocycles. The maximum absolute atomic E-state index is 13.1. The zero-order chi connectivity index (χ0) is 13.4. The van der Waals surface area contributed by atoms with Gasteiger partial charge in [-0.25, -0.2) is 0 Å². The number of rotatable bonds is 2. The topological polar surface area (TPSA) is 56.0 Å². The van der Waals surface area contributed by atoms with Crippen molar-refractivity contribution in [3.8, 4) is 0 Å². The SMILES string of the molecule is NC(=O)C(F)(F)c1ncc(C(F)(F)F)cc1Cl. The summed E-state index contributed by atoms with van der Waals surface area (Å²) in [7, 11) is 0. The molecule has 3 nitrogen and oxygen atoms in total. The Kier molecular flexibility index (Phi) is 3.28. The summed E-state index contributed by atoms with van der Waals surface area (Å²) in [5.41, 5.74) is 1.78. The zero-order valence-corrected chi connectivity index (χ0v) is 8.61. The maximum Gasteiger partial charge on any atom is 0.417 e. The molecule has 0 aromatic carbocycles. The van der Waals surface area contributed by atoms with Crippen molar-refractivity contribution >= 4 is 17.5 Å². The molecule has 0 fully saturated rings. The highest BCUT2D eigenvalue weighted by atomic mass is 35.5. The molecule has 17 heavy (non-hydrogen) atoms. The molecule has 0 atom stereocenters. The van der Waals surface area contributed by atoms with Gasteiger partial charge in [0.25, 0.3) is 5.91 Å². The van der Waals surface area contributed by atoms with Crippen molar-refractivity contribution in [1.29, 1.82) is 0 Å². The fourth-order valence-electron chi connectivity index (χ4n) is 0.941. The molecule has 0 bridgehead atoms. The molecule has 1 amide bonds. The van der Waals surface area contributed by atoms with E-state index >= 15 is 0 Å². The minimum absolute atomic E-state index is 0.151. The van der Waals surface area contributed by atoms with Crippen LogP contribution in [0.5, 0.6) is 0 Å². The van der Waals surface area contributed by atoms with Crippen molar-refractivity contribution in [2.45, 2.75) is 12.1 Å². The zero-order valence-electron chi connectivity index (χ0n) is 7.86. The van der Waals surface area contributed by atoms with Crippen LogP contribution in [0.3, 0.4) is 0 Å². The van der Waals surface area contributed by atoms with Crippen LogP contribution in [0.1, 0.15) is 11.3 Å². The Labute approximate surface area is 96.4 Å². The third-order valence-corrected chi connectivity index (χ3v) is 2.06. The molecule has 94 valence electrons. The molecule has 1 rings (SSSR count). The van der Waals surface area contributed by atoms with Crippen LogP contribution < -0.4 is 5.73 Å². The molecule has 0 saturated carbocycles. The minimum atomic E-state index is -4.77. The van der Waals surface area contributed by atoms with Crippen LogP contribution in [0.4, 0.5) is 22.0 Å². The number of alkyl halides is 5. The number of nitrogens with two attached hydrogens (primary N) is 1. The standard InChI is InChI=1S/C8H4ClF5N2O/c9-4-1-3(8(12,13)14)2-16-5(4)7(10,11)6(15)17/h1-2H,(H2,15,17). The third-order valence-electron chi connectivity index (χ3n) is 1.78. The van der Waals surface area contributed by atoms with Crippen molar-refractivity contribution in [3.05, 3.63) is 28.5 Å². The predicted octanol–water partition coefficient (Wildman–Crippen LogP) is 2.33. The van der Waals surface area contributed by atoms with Gasteiger partial charge in [-0.2, -0.15) is 22.0 Å². The number of primary amides is 1. The Morgan fingerprint density at radius 1 is 1.29 bits per heavy atom. The lowest BCUT2D eigenvalue weighted by Crippen LogP contribution is -2.34. The Morgan fingerprint density at radius 3 is 2.18 bits per heavy atom. The number of hydrogen-bond acceptors (Lipinski definition) is 2. The molecule has 0 aliphatic rings. The van der Waals surface area contributed by atoms with E-state index in [0.29, 0.717) is 0 Å². The summed E-state index contributed by atoms with van der Waals surface area (Å²) in [6.07, 6.45) is -4.62. The third kappa shape index (κ3) is 2.63. The first kappa shape index (κ1) is 13.6. The quantitative estimate of drug-likeness (QED) is 0.842. The summed E-state index contributed by atoms with van der Waals surface area (Å²) in [6.45, 7) is 0. The van der Waals surface area contributed by atoms with E-state index in [1.807, 2.05) is 0 Å². The van der Waals surface area contributed by atoms with Gasteiger partial charge in [0.2, 0.25) is 0 Å². The average molecular weight is 275 g/mol. The summed E-state index contributed by atoms with van der Waals surface area (Å²) in [4.78, 5) is 13.2. The number of hydrogen-bond donors (Lipinski definition) is 1. The van der Waals surface area contributed by atoms with Crippen LogP contribution in [0.25, 0.3) is 0 Å². The molecule has 0 aliphatic carbocycles. The molecular weight excluding hydrogens is 271 g/mol. The molecule has 0 unspecified atom stereocenters. The summed E-state index contributed by atoms with van der Waals surface area (Å²) in [5, 5.41) is -0.983. The fourth-order valence-corrected chi connectivity index (χ4v) is 1.23. The summed E-state index contributed by atoms with van der Waals surface area (Å²) in [6, 6.07) is 0.251. The van der Waals surface area contributed by atoms with E-state index in [2.05, 4.69) is 10.7 Å². The van der Waals surface area contributed by atoms with Gasteiger partial charge in [-0.15, -0.1) is 0 Å². The summed E-state index contributed by atoms with van der Waals surface area (Å²) < 4.78 is 62.7. The average Bonchev–Trinajstić information content (AvgIpc) is 2.15. The normalized spacial score (nSPS) is 12.6. The van der Waals surface area contributed by atoms with Gasteiger partial charge in [0, 0.05) is 6.20 Å². The minimum Gasteiger partial charge on any atom is -0.364 e. The monoisotopic (exact) mass is 274 g/mol. The van der Waals surface area contributed by atoms with Crippen LogP contribution in [0, 0.1) is 0 Å². The van der Waals surface area contributed by atoms with Gasteiger partial charge in [-0.05, 0) is 6.07 Å². The first-order valence-electron chi connectivity index (χ1n) is 3.97. The molecule has 2 N–H and O–H groups in total. The number of nitrogens with zero attached hydrogens (tertiary/aromatic N) is 1. The van der Waals surface area contributed by atoms with E-state index in [1.54, 1.807) is 0 Å². The second kappa shape index (κ2) is 4.10. The van der Waals surface area contributed by atoms with E-state index in [4.69, 9.17) is 11.6 Å². The summed E-state index contributed by atoms with van der Waals surface area (Å²) >= 11 is 5.21. The molecule has 0 aliphatic heterocycles. The predicted molar refractivity (Wildman–Crippen MR) is 47.3 cm³/mol. The number of halogens is 6. The summed E-state index contributed by atoms with van der Waals surface area (Å²) in [5.74, 6) is -6.27. The Morgan fingerprint density at radius 2 is 1.82 bits per heavy atom. The van der Waals surface area contributed by atoms with Gasteiger partial charge >= 0.3 is 12.1 Å². The van der Waals surface area contributed by atoms with Crippen molar-refractivity contribution in [1.82, 2.24) is 4.98 Å². The van der Waals surface area contributed by atoms with E-state index in [0.717, 1.165) is 0 Å². The smallest absolute Gasteiger partial charge is 0.364 e. The Hall–Kier alpha value is -1.44. The van der Waals surface area contributed by atoms with E-state index < -0.39 is 34.3 Å². The van der Waals surface area contributed by atoms with Crippen molar-refractivity contribution in [3.63, 3.8) is 0 Å². The molecule has 0 spiro atoms. The second-order valence-electron chi connectivity index (χ2n) is 2.99. The Balaban J connectivity index is 3.29. The highest BCUT2D eigenvalue weighted by Gasteiger charge is 2.43.